The monoisotopic (exact) mass is 329 g/mol. The number of likely N-dealkylation sites (N-methyl/N-ethyl adjacent to an activating group) is 2. The highest BCUT2D eigenvalue weighted by Gasteiger charge is 2.45. The Kier molecular flexibility index (Phi) is 4.35. The molecule has 2 atom stereocenters. The standard InChI is InChI=1S/C22H23N3/c1-24-20(17-10-5-3-6-11-17)21(18-12-7-4-8-13-18)25(2)22(24)19-14-9-15-23-16-19/h3-16,20-22H,1-2H3/t20-,21-/m1/s1. The molecular formula is C22H23N3. The minimum absolute atomic E-state index is 0.198. The summed E-state index contributed by atoms with van der Waals surface area (Å²) in [6.07, 6.45) is 4.01. The summed E-state index contributed by atoms with van der Waals surface area (Å²) in [5.74, 6) is 0. The lowest BCUT2D eigenvalue weighted by Gasteiger charge is -2.27. The second-order valence-corrected chi connectivity index (χ2v) is 6.70. The molecule has 25 heavy (non-hydrogen) atoms. The molecule has 1 aliphatic heterocycles. The number of hydrogen-bond acceptors (Lipinski definition) is 3. The third-order valence-corrected chi connectivity index (χ3v) is 5.21. The number of nitrogens with zero attached hydrogens (tertiary/aromatic N) is 3. The van der Waals surface area contributed by atoms with Crippen LogP contribution in [0.2, 0.25) is 0 Å². The quantitative estimate of drug-likeness (QED) is 0.708. The third kappa shape index (κ3) is 2.86. The smallest absolute Gasteiger partial charge is 0.0907 e. The zero-order valence-electron chi connectivity index (χ0n) is 14.7. The first-order valence-electron chi connectivity index (χ1n) is 8.71. The topological polar surface area (TPSA) is 19.4 Å². The summed E-state index contributed by atoms with van der Waals surface area (Å²) in [4.78, 5) is 9.27. The number of hydrogen-bond donors (Lipinski definition) is 0. The van der Waals surface area contributed by atoms with Crippen LogP contribution in [0.5, 0.6) is 0 Å². The molecule has 2 aromatic carbocycles. The van der Waals surface area contributed by atoms with Gasteiger partial charge in [-0.05, 0) is 31.3 Å². The molecule has 0 radical (unpaired) electrons. The zero-order valence-corrected chi connectivity index (χ0v) is 14.7. The van der Waals surface area contributed by atoms with Gasteiger partial charge in [0.05, 0.1) is 18.2 Å². The molecule has 3 heteroatoms. The molecule has 0 spiro atoms. The first-order chi connectivity index (χ1) is 12.3. The van der Waals surface area contributed by atoms with Crippen molar-refractivity contribution >= 4 is 0 Å². The molecule has 0 amide bonds. The average Bonchev–Trinajstić information content (AvgIpc) is 2.94. The largest absolute Gasteiger partial charge is 0.278 e. The van der Waals surface area contributed by atoms with Gasteiger partial charge in [-0.25, -0.2) is 0 Å². The van der Waals surface area contributed by atoms with Crippen LogP contribution in [0.4, 0.5) is 0 Å². The summed E-state index contributed by atoms with van der Waals surface area (Å²) >= 11 is 0. The van der Waals surface area contributed by atoms with Gasteiger partial charge in [0, 0.05) is 18.0 Å². The molecule has 0 unspecified atom stereocenters. The summed E-state index contributed by atoms with van der Waals surface area (Å²) in [7, 11) is 4.43. The van der Waals surface area contributed by atoms with Crippen molar-refractivity contribution in [3.63, 3.8) is 0 Å². The average molecular weight is 329 g/mol. The first-order valence-corrected chi connectivity index (χ1v) is 8.71. The maximum Gasteiger partial charge on any atom is 0.0907 e. The van der Waals surface area contributed by atoms with E-state index in [-0.39, 0.29) is 6.17 Å². The minimum Gasteiger partial charge on any atom is -0.278 e. The Labute approximate surface area is 149 Å². The fourth-order valence-electron chi connectivity index (χ4n) is 4.17. The molecule has 4 rings (SSSR count). The van der Waals surface area contributed by atoms with Gasteiger partial charge in [0.15, 0.2) is 0 Å². The second kappa shape index (κ2) is 6.79. The van der Waals surface area contributed by atoms with E-state index in [1.807, 2.05) is 18.5 Å². The second-order valence-electron chi connectivity index (χ2n) is 6.70. The van der Waals surface area contributed by atoms with Gasteiger partial charge < -0.3 is 0 Å². The van der Waals surface area contributed by atoms with E-state index in [0.717, 1.165) is 0 Å². The molecule has 1 aliphatic rings. The highest BCUT2D eigenvalue weighted by molar-refractivity contribution is 5.31. The van der Waals surface area contributed by atoms with E-state index in [9.17, 15) is 0 Å². The number of rotatable bonds is 3. The lowest BCUT2D eigenvalue weighted by atomic mass is 9.93. The van der Waals surface area contributed by atoms with Crippen LogP contribution < -0.4 is 0 Å². The van der Waals surface area contributed by atoms with Crippen molar-refractivity contribution in [1.29, 1.82) is 0 Å². The summed E-state index contributed by atoms with van der Waals surface area (Å²) in [5, 5.41) is 0. The van der Waals surface area contributed by atoms with Gasteiger partial charge in [-0.15, -0.1) is 0 Å². The minimum atomic E-state index is 0.198. The zero-order chi connectivity index (χ0) is 17.2. The SMILES string of the molecule is CN1C(c2cccnc2)N(C)[C@H](c2ccccc2)[C@H]1c1ccccc1. The van der Waals surface area contributed by atoms with Crippen LogP contribution in [0.3, 0.4) is 0 Å². The van der Waals surface area contributed by atoms with Crippen molar-refractivity contribution in [2.24, 2.45) is 0 Å². The van der Waals surface area contributed by atoms with Gasteiger partial charge >= 0.3 is 0 Å². The Morgan fingerprint density at radius 2 is 1.12 bits per heavy atom. The normalized spacial score (nSPS) is 22.3. The van der Waals surface area contributed by atoms with Crippen molar-refractivity contribution in [3.05, 3.63) is 102 Å². The molecule has 3 nitrogen and oxygen atoms in total. The predicted octanol–water partition coefficient (Wildman–Crippen LogP) is 4.44. The summed E-state index contributed by atoms with van der Waals surface area (Å²) < 4.78 is 0. The van der Waals surface area contributed by atoms with E-state index in [1.165, 1.54) is 16.7 Å². The Morgan fingerprint density at radius 3 is 1.56 bits per heavy atom. The fourth-order valence-corrected chi connectivity index (χ4v) is 4.17. The van der Waals surface area contributed by atoms with Gasteiger partial charge in [-0.1, -0.05) is 66.7 Å². The summed E-state index contributed by atoms with van der Waals surface area (Å²) in [6.45, 7) is 0. The molecule has 0 saturated carbocycles. The van der Waals surface area contributed by atoms with Crippen LogP contribution in [0.1, 0.15) is 34.9 Å². The van der Waals surface area contributed by atoms with E-state index < -0.39 is 0 Å². The molecule has 2 heterocycles. The van der Waals surface area contributed by atoms with Crippen LogP contribution >= 0.6 is 0 Å². The molecule has 0 N–H and O–H groups in total. The van der Waals surface area contributed by atoms with Gasteiger partial charge in [-0.3, -0.25) is 14.8 Å². The third-order valence-electron chi connectivity index (χ3n) is 5.21. The molecule has 0 bridgehead atoms. The van der Waals surface area contributed by atoms with Gasteiger partial charge in [-0.2, -0.15) is 0 Å². The molecule has 126 valence electrons. The molecule has 0 aliphatic carbocycles. The number of aromatic nitrogens is 1. The Hall–Kier alpha value is -2.49. The molecule has 1 aromatic heterocycles. The van der Waals surface area contributed by atoms with E-state index in [1.54, 1.807) is 0 Å². The number of benzene rings is 2. The molecule has 1 saturated heterocycles. The van der Waals surface area contributed by atoms with Crippen LogP contribution in [-0.4, -0.2) is 28.9 Å². The van der Waals surface area contributed by atoms with Crippen molar-refractivity contribution in [2.45, 2.75) is 18.2 Å². The van der Waals surface area contributed by atoms with Crippen LogP contribution in [0, 0.1) is 0 Å². The van der Waals surface area contributed by atoms with Crippen molar-refractivity contribution < 1.29 is 0 Å². The van der Waals surface area contributed by atoms with Crippen LogP contribution in [0.25, 0.3) is 0 Å². The summed E-state index contributed by atoms with van der Waals surface area (Å²) in [6, 6.07) is 26.4. The lowest BCUT2D eigenvalue weighted by Crippen LogP contribution is -2.26. The van der Waals surface area contributed by atoms with E-state index in [2.05, 4.69) is 95.6 Å². The Morgan fingerprint density at radius 1 is 0.640 bits per heavy atom. The van der Waals surface area contributed by atoms with Crippen molar-refractivity contribution in [2.75, 3.05) is 14.1 Å². The van der Waals surface area contributed by atoms with E-state index in [4.69, 9.17) is 0 Å². The van der Waals surface area contributed by atoms with Crippen molar-refractivity contribution in [1.82, 2.24) is 14.8 Å². The predicted molar refractivity (Wildman–Crippen MR) is 101 cm³/mol. The van der Waals surface area contributed by atoms with E-state index in [0.29, 0.717) is 12.1 Å². The number of pyridine rings is 1. The fraction of sp³-hybridized carbons (Fsp3) is 0.227. The van der Waals surface area contributed by atoms with Gasteiger partial charge in [0.25, 0.3) is 0 Å². The lowest BCUT2D eigenvalue weighted by molar-refractivity contribution is 0.164. The maximum absolute atomic E-state index is 4.34. The maximum atomic E-state index is 4.34. The highest BCUT2D eigenvalue weighted by atomic mass is 15.4. The van der Waals surface area contributed by atoms with Crippen LogP contribution in [-0.2, 0) is 0 Å². The molecular weight excluding hydrogens is 306 g/mol. The van der Waals surface area contributed by atoms with Crippen LogP contribution in [0.15, 0.2) is 85.2 Å². The van der Waals surface area contributed by atoms with Crippen molar-refractivity contribution in [3.8, 4) is 0 Å². The first kappa shape index (κ1) is 16.0. The van der Waals surface area contributed by atoms with Gasteiger partial charge in [0.1, 0.15) is 0 Å². The Balaban J connectivity index is 1.82. The van der Waals surface area contributed by atoms with Gasteiger partial charge in [0.2, 0.25) is 0 Å². The summed E-state index contributed by atoms with van der Waals surface area (Å²) in [5.41, 5.74) is 3.92. The molecule has 3 aromatic rings. The Bertz CT molecular complexity index is 753. The van der Waals surface area contributed by atoms with E-state index >= 15 is 0 Å². The highest BCUT2D eigenvalue weighted by Crippen LogP contribution is 2.50. The molecule has 1 fully saturated rings.